The zero-order valence-electron chi connectivity index (χ0n) is 15.3. The van der Waals surface area contributed by atoms with Gasteiger partial charge in [-0.15, -0.1) is 0 Å². The summed E-state index contributed by atoms with van der Waals surface area (Å²) in [7, 11) is 0. The van der Waals surface area contributed by atoms with E-state index in [9.17, 15) is 4.79 Å². The van der Waals surface area contributed by atoms with Crippen LogP contribution in [-0.4, -0.2) is 20.7 Å². The Labute approximate surface area is 157 Å². The summed E-state index contributed by atoms with van der Waals surface area (Å²) in [5, 5.41) is 8.40. The number of nitrogens with zero attached hydrogens (tertiary/aromatic N) is 3. The molecule has 134 valence electrons. The van der Waals surface area contributed by atoms with Gasteiger partial charge in [-0.2, -0.15) is 5.10 Å². The molecule has 2 aromatic heterocycles. The highest BCUT2D eigenvalue weighted by Crippen LogP contribution is 2.19. The quantitative estimate of drug-likeness (QED) is 0.584. The van der Waals surface area contributed by atoms with Crippen LogP contribution in [0.2, 0.25) is 0 Å². The Morgan fingerprint density at radius 1 is 1.04 bits per heavy atom. The number of hydrogen-bond donors (Lipinski definition) is 1. The third-order valence-corrected chi connectivity index (χ3v) is 4.56. The summed E-state index contributed by atoms with van der Waals surface area (Å²) in [5.74, 6) is 0.244. The number of fused-ring (bicyclic) bond motifs is 1. The Kier molecular flexibility index (Phi) is 4.42. The minimum absolute atomic E-state index is 0.270. The summed E-state index contributed by atoms with van der Waals surface area (Å²) in [6.07, 6.45) is 0.901. The molecule has 0 atom stereocenters. The highest BCUT2D eigenvalue weighted by Gasteiger charge is 2.15. The first-order valence-corrected chi connectivity index (χ1v) is 8.98. The number of amides is 1. The van der Waals surface area contributed by atoms with Gasteiger partial charge in [0.15, 0.2) is 5.69 Å². The maximum atomic E-state index is 12.7. The van der Waals surface area contributed by atoms with E-state index in [0.29, 0.717) is 11.5 Å². The van der Waals surface area contributed by atoms with E-state index in [-0.39, 0.29) is 5.91 Å². The molecule has 0 saturated heterocycles. The molecule has 0 bridgehead atoms. The van der Waals surface area contributed by atoms with Crippen molar-refractivity contribution in [1.82, 2.24) is 14.8 Å². The summed E-state index contributed by atoms with van der Waals surface area (Å²) < 4.78 is 1.82. The maximum Gasteiger partial charge on any atom is 0.277 e. The lowest BCUT2D eigenvalue weighted by Gasteiger charge is -2.09. The molecule has 1 N–H and O–H groups in total. The lowest BCUT2D eigenvalue weighted by molar-refractivity contribution is 0.102. The Morgan fingerprint density at radius 3 is 2.67 bits per heavy atom. The second kappa shape index (κ2) is 7.03. The Bertz CT molecular complexity index is 1130. The summed E-state index contributed by atoms with van der Waals surface area (Å²) in [4.78, 5) is 17.2. The van der Waals surface area contributed by atoms with E-state index in [1.807, 2.05) is 60.1 Å². The second-order valence-electron chi connectivity index (χ2n) is 6.41. The number of benzene rings is 2. The fourth-order valence-electron chi connectivity index (χ4n) is 3.16. The van der Waals surface area contributed by atoms with Crippen LogP contribution in [0.1, 0.15) is 28.7 Å². The Hall–Kier alpha value is -3.47. The van der Waals surface area contributed by atoms with Crippen LogP contribution in [0.5, 0.6) is 0 Å². The standard InChI is InChI=1S/C22H20N4O/c1-3-16-8-5-7-11-20(16)26-15(2)14-19(25-26)22(27)24-21-13-12-17-9-4-6-10-18(17)23-21/h4-14H,3H2,1-2H3,(H,23,24,27). The molecule has 4 rings (SSSR count). The van der Waals surface area contributed by atoms with Crippen molar-refractivity contribution in [3.05, 3.63) is 83.7 Å². The van der Waals surface area contributed by atoms with Gasteiger partial charge in [-0.3, -0.25) is 4.79 Å². The normalized spacial score (nSPS) is 10.9. The molecule has 2 aromatic carbocycles. The maximum absolute atomic E-state index is 12.7. The molecule has 5 nitrogen and oxygen atoms in total. The number of para-hydroxylation sites is 2. The number of hydrogen-bond acceptors (Lipinski definition) is 3. The van der Waals surface area contributed by atoms with Crippen LogP contribution in [0, 0.1) is 6.92 Å². The van der Waals surface area contributed by atoms with E-state index in [4.69, 9.17) is 0 Å². The molecule has 4 aromatic rings. The smallest absolute Gasteiger partial charge is 0.277 e. The fourth-order valence-corrected chi connectivity index (χ4v) is 3.16. The van der Waals surface area contributed by atoms with Crippen molar-refractivity contribution in [1.29, 1.82) is 0 Å². The predicted octanol–water partition coefficient (Wildman–Crippen LogP) is 4.54. The van der Waals surface area contributed by atoms with Gasteiger partial charge in [-0.05, 0) is 49.2 Å². The largest absolute Gasteiger partial charge is 0.305 e. The van der Waals surface area contributed by atoms with E-state index < -0.39 is 0 Å². The molecule has 0 fully saturated rings. The molecule has 27 heavy (non-hydrogen) atoms. The average Bonchev–Trinajstić information content (AvgIpc) is 3.09. The molecule has 0 aliphatic carbocycles. The van der Waals surface area contributed by atoms with E-state index >= 15 is 0 Å². The van der Waals surface area contributed by atoms with Gasteiger partial charge in [-0.25, -0.2) is 9.67 Å². The summed E-state index contributed by atoms with van der Waals surface area (Å²) in [6, 6.07) is 21.4. The van der Waals surface area contributed by atoms with Crippen molar-refractivity contribution in [3.63, 3.8) is 0 Å². The van der Waals surface area contributed by atoms with Crippen molar-refractivity contribution < 1.29 is 4.79 Å². The van der Waals surface area contributed by atoms with Gasteiger partial charge in [-0.1, -0.05) is 43.3 Å². The van der Waals surface area contributed by atoms with E-state index in [0.717, 1.165) is 28.7 Å². The van der Waals surface area contributed by atoms with Crippen LogP contribution >= 0.6 is 0 Å². The van der Waals surface area contributed by atoms with Crippen molar-refractivity contribution in [2.24, 2.45) is 0 Å². The number of nitrogens with one attached hydrogen (secondary N) is 1. The molecule has 0 aliphatic heterocycles. The van der Waals surface area contributed by atoms with Gasteiger partial charge in [0.25, 0.3) is 5.91 Å². The van der Waals surface area contributed by atoms with Crippen molar-refractivity contribution >= 4 is 22.6 Å². The third kappa shape index (κ3) is 3.31. The number of aromatic nitrogens is 3. The fraction of sp³-hybridized carbons (Fsp3) is 0.136. The zero-order chi connectivity index (χ0) is 18.8. The van der Waals surface area contributed by atoms with Gasteiger partial charge in [0.2, 0.25) is 0 Å². The van der Waals surface area contributed by atoms with E-state index in [1.54, 1.807) is 12.1 Å². The third-order valence-electron chi connectivity index (χ3n) is 4.56. The van der Waals surface area contributed by atoms with E-state index in [2.05, 4.69) is 28.4 Å². The molecule has 0 aliphatic rings. The van der Waals surface area contributed by atoms with Gasteiger partial charge >= 0.3 is 0 Å². The number of anilines is 1. The average molecular weight is 356 g/mol. The van der Waals surface area contributed by atoms with Crippen molar-refractivity contribution in [2.75, 3.05) is 5.32 Å². The molecule has 2 heterocycles. The molecule has 5 heteroatoms. The summed E-state index contributed by atoms with van der Waals surface area (Å²) in [5.41, 5.74) is 4.31. The zero-order valence-corrected chi connectivity index (χ0v) is 15.3. The predicted molar refractivity (Wildman–Crippen MR) is 107 cm³/mol. The highest BCUT2D eigenvalue weighted by molar-refractivity contribution is 6.02. The lowest BCUT2D eigenvalue weighted by atomic mass is 10.1. The topological polar surface area (TPSA) is 59.8 Å². The SMILES string of the molecule is CCc1ccccc1-n1nc(C(=O)Nc2ccc3ccccc3n2)cc1C. The molecular formula is C22H20N4O. The first kappa shape index (κ1) is 17.0. The molecule has 0 spiro atoms. The van der Waals surface area contributed by atoms with Gasteiger partial charge in [0.05, 0.1) is 11.2 Å². The van der Waals surface area contributed by atoms with E-state index in [1.165, 1.54) is 5.56 Å². The van der Waals surface area contributed by atoms with Crippen molar-refractivity contribution in [2.45, 2.75) is 20.3 Å². The molecule has 0 saturated carbocycles. The highest BCUT2D eigenvalue weighted by atomic mass is 16.2. The number of pyridine rings is 1. The van der Waals surface area contributed by atoms with Crippen LogP contribution in [0.3, 0.4) is 0 Å². The number of carbonyl (C=O) groups excluding carboxylic acids is 1. The second-order valence-corrected chi connectivity index (χ2v) is 6.41. The van der Waals surface area contributed by atoms with Crippen LogP contribution in [-0.2, 0) is 6.42 Å². The van der Waals surface area contributed by atoms with Gasteiger partial charge < -0.3 is 5.32 Å². The Morgan fingerprint density at radius 2 is 1.81 bits per heavy atom. The number of rotatable bonds is 4. The Balaban J connectivity index is 1.62. The number of aryl methyl sites for hydroxylation is 2. The van der Waals surface area contributed by atoms with Gasteiger partial charge in [0.1, 0.15) is 5.82 Å². The van der Waals surface area contributed by atoms with Crippen LogP contribution in [0.15, 0.2) is 66.7 Å². The van der Waals surface area contributed by atoms with Crippen molar-refractivity contribution in [3.8, 4) is 5.69 Å². The van der Waals surface area contributed by atoms with Crippen LogP contribution in [0.4, 0.5) is 5.82 Å². The van der Waals surface area contributed by atoms with Gasteiger partial charge in [0, 0.05) is 11.1 Å². The number of carbonyl (C=O) groups is 1. The first-order valence-electron chi connectivity index (χ1n) is 8.98. The first-order chi connectivity index (χ1) is 13.2. The minimum Gasteiger partial charge on any atom is -0.305 e. The van der Waals surface area contributed by atoms with Crippen LogP contribution in [0.25, 0.3) is 16.6 Å². The summed E-state index contributed by atoms with van der Waals surface area (Å²) in [6.45, 7) is 4.06. The van der Waals surface area contributed by atoms with Crippen LogP contribution < -0.4 is 5.32 Å². The molecular weight excluding hydrogens is 336 g/mol. The minimum atomic E-state index is -0.270. The summed E-state index contributed by atoms with van der Waals surface area (Å²) >= 11 is 0. The monoisotopic (exact) mass is 356 g/mol. The molecule has 0 unspecified atom stereocenters. The molecule has 1 amide bonds. The lowest BCUT2D eigenvalue weighted by Crippen LogP contribution is -2.14. The molecule has 0 radical (unpaired) electrons.